The second-order valence-electron chi connectivity index (χ2n) is 5.92. The summed E-state index contributed by atoms with van der Waals surface area (Å²) in [6.07, 6.45) is 5.29. The van der Waals surface area contributed by atoms with Gasteiger partial charge in [-0.2, -0.15) is 0 Å². The minimum absolute atomic E-state index is 0.187. The van der Waals surface area contributed by atoms with E-state index in [9.17, 15) is 4.39 Å². The fourth-order valence-electron chi connectivity index (χ4n) is 3.12. The Kier molecular flexibility index (Phi) is 5.40. The van der Waals surface area contributed by atoms with Crippen LogP contribution in [0.25, 0.3) is 0 Å². The maximum atomic E-state index is 13.1. The largest absolute Gasteiger partial charge is 0.310 e. The molecule has 0 bridgehead atoms. The first-order valence-electron chi connectivity index (χ1n) is 7.25. The van der Waals surface area contributed by atoms with Gasteiger partial charge >= 0.3 is 0 Å². The molecule has 0 aromatic heterocycles. The van der Waals surface area contributed by atoms with Gasteiger partial charge < -0.3 is 5.32 Å². The highest BCUT2D eigenvalue weighted by molar-refractivity contribution is 9.10. The number of nitrogens with one attached hydrogen (secondary N) is 1. The lowest BCUT2D eigenvalue weighted by atomic mass is 9.78. The Morgan fingerprint density at radius 1 is 1.32 bits per heavy atom. The Balaban J connectivity index is 1.96. The molecule has 0 spiro atoms. The fourth-order valence-corrected chi connectivity index (χ4v) is 3.61. The number of hydrogen-bond donors (Lipinski definition) is 1. The zero-order chi connectivity index (χ0) is 13.8. The number of halogens is 2. The van der Waals surface area contributed by atoms with Crippen molar-refractivity contribution >= 4 is 15.9 Å². The molecule has 19 heavy (non-hydrogen) atoms. The van der Waals surface area contributed by atoms with Gasteiger partial charge in [0.25, 0.3) is 0 Å². The van der Waals surface area contributed by atoms with E-state index >= 15 is 0 Å². The normalized spacial score (nSPS) is 23.8. The van der Waals surface area contributed by atoms with Crippen molar-refractivity contribution in [2.75, 3.05) is 0 Å². The minimum Gasteiger partial charge on any atom is -0.310 e. The molecule has 0 heterocycles. The minimum atomic E-state index is -0.187. The first kappa shape index (κ1) is 15.0. The van der Waals surface area contributed by atoms with Crippen molar-refractivity contribution in [2.24, 2.45) is 11.8 Å². The fraction of sp³-hybridized carbons (Fsp3) is 0.625. The van der Waals surface area contributed by atoms with Crippen molar-refractivity contribution < 1.29 is 4.39 Å². The van der Waals surface area contributed by atoms with E-state index in [1.54, 1.807) is 0 Å². The predicted octanol–water partition coefficient (Wildman–Crippen LogP) is 4.89. The number of hydrogen-bond acceptors (Lipinski definition) is 1. The highest BCUT2D eigenvalue weighted by Crippen LogP contribution is 2.30. The van der Waals surface area contributed by atoms with E-state index in [0.717, 1.165) is 28.4 Å². The second kappa shape index (κ2) is 6.85. The van der Waals surface area contributed by atoms with Crippen molar-refractivity contribution in [1.82, 2.24) is 5.32 Å². The average molecular weight is 328 g/mol. The molecule has 1 aromatic carbocycles. The molecular formula is C16H23BrFN. The maximum absolute atomic E-state index is 13.1. The molecule has 1 N–H and O–H groups in total. The molecular weight excluding hydrogens is 305 g/mol. The van der Waals surface area contributed by atoms with Crippen LogP contribution in [0.5, 0.6) is 0 Å². The maximum Gasteiger partial charge on any atom is 0.124 e. The highest BCUT2D eigenvalue weighted by Gasteiger charge is 2.26. The van der Waals surface area contributed by atoms with Crippen molar-refractivity contribution in [2.45, 2.75) is 52.1 Å². The van der Waals surface area contributed by atoms with Gasteiger partial charge in [-0.3, -0.25) is 0 Å². The molecule has 106 valence electrons. The van der Waals surface area contributed by atoms with Crippen LogP contribution >= 0.6 is 15.9 Å². The van der Waals surface area contributed by atoms with Gasteiger partial charge in [-0.25, -0.2) is 4.39 Å². The summed E-state index contributed by atoms with van der Waals surface area (Å²) in [4.78, 5) is 0. The van der Waals surface area contributed by atoms with Crippen LogP contribution in [0.15, 0.2) is 22.7 Å². The lowest BCUT2D eigenvalue weighted by molar-refractivity contribution is 0.204. The Morgan fingerprint density at radius 3 is 2.74 bits per heavy atom. The van der Waals surface area contributed by atoms with Gasteiger partial charge in [0, 0.05) is 17.1 Å². The van der Waals surface area contributed by atoms with Crippen LogP contribution in [0.3, 0.4) is 0 Å². The van der Waals surface area contributed by atoms with E-state index in [0.29, 0.717) is 6.04 Å². The smallest absolute Gasteiger partial charge is 0.124 e. The summed E-state index contributed by atoms with van der Waals surface area (Å²) < 4.78 is 13.9. The first-order valence-corrected chi connectivity index (χ1v) is 8.04. The molecule has 3 heteroatoms. The molecule has 0 radical (unpaired) electrons. The predicted molar refractivity (Wildman–Crippen MR) is 81.5 cm³/mol. The lowest BCUT2D eigenvalue weighted by Crippen LogP contribution is -2.40. The van der Waals surface area contributed by atoms with Crippen LogP contribution in [0, 0.1) is 17.7 Å². The third-order valence-electron chi connectivity index (χ3n) is 4.25. The van der Waals surface area contributed by atoms with Crippen molar-refractivity contribution in [3.8, 4) is 0 Å². The molecule has 0 aliphatic heterocycles. The molecule has 2 rings (SSSR count). The zero-order valence-electron chi connectivity index (χ0n) is 11.8. The van der Waals surface area contributed by atoms with Gasteiger partial charge in [-0.15, -0.1) is 0 Å². The summed E-state index contributed by atoms with van der Waals surface area (Å²) in [5.74, 6) is 1.32. The standard InChI is InChI=1S/C16H23BrFN/c1-11(2)14-5-3-4-6-16(14)19-10-12-7-8-13(18)9-15(12)17/h7-9,11,14,16,19H,3-6,10H2,1-2H3. The monoisotopic (exact) mass is 327 g/mol. The first-order chi connectivity index (χ1) is 9.08. The molecule has 1 saturated carbocycles. The second-order valence-corrected chi connectivity index (χ2v) is 6.77. The van der Waals surface area contributed by atoms with Crippen LogP contribution in [0.2, 0.25) is 0 Å². The van der Waals surface area contributed by atoms with Crippen molar-refractivity contribution in [3.63, 3.8) is 0 Å². The summed E-state index contributed by atoms with van der Waals surface area (Å²) in [5.41, 5.74) is 1.13. The highest BCUT2D eigenvalue weighted by atomic mass is 79.9. The van der Waals surface area contributed by atoms with Crippen LogP contribution in [-0.4, -0.2) is 6.04 Å². The van der Waals surface area contributed by atoms with Gasteiger partial charge in [-0.05, 0) is 42.4 Å². The molecule has 1 aliphatic carbocycles. The van der Waals surface area contributed by atoms with E-state index in [1.807, 2.05) is 6.07 Å². The van der Waals surface area contributed by atoms with Crippen molar-refractivity contribution in [1.29, 1.82) is 0 Å². The van der Waals surface area contributed by atoms with E-state index < -0.39 is 0 Å². The van der Waals surface area contributed by atoms with Gasteiger partial charge in [0.15, 0.2) is 0 Å². The topological polar surface area (TPSA) is 12.0 Å². The van der Waals surface area contributed by atoms with Crippen LogP contribution < -0.4 is 5.32 Å². The number of benzene rings is 1. The molecule has 0 amide bonds. The summed E-state index contributed by atoms with van der Waals surface area (Å²) in [5, 5.41) is 3.68. The van der Waals surface area contributed by atoms with Crippen LogP contribution in [0.4, 0.5) is 4.39 Å². The average Bonchev–Trinajstić information content (AvgIpc) is 2.38. The van der Waals surface area contributed by atoms with Gasteiger partial charge in [0.1, 0.15) is 5.82 Å². The van der Waals surface area contributed by atoms with Crippen LogP contribution in [0.1, 0.15) is 45.1 Å². The van der Waals surface area contributed by atoms with Crippen molar-refractivity contribution in [3.05, 3.63) is 34.1 Å². The lowest BCUT2D eigenvalue weighted by Gasteiger charge is -2.35. The van der Waals surface area contributed by atoms with Gasteiger partial charge in [-0.1, -0.05) is 48.7 Å². The van der Waals surface area contributed by atoms with Crippen LogP contribution in [-0.2, 0) is 6.54 Å². The molecule has 1 aliphatic rings. The Labute approximate surface area is 124 Å². The van der Waals surface area contributed by atoms with E-state index in [2.05, 4.69) is 35.1 Å². The molecule has 2 atom stereocenters. The number of rotatable bonds is 4. The Hall–Kier alpha value is -0.410. The third-order valence-corrected chi connectivity index (χ3v) is 4.98. The molecule has 1 nitrogen and oxygen atoms in total. The quantitative estimate of drug-likeness (QED) is 0.829. The van der Waals surface area contributed by atoms with E-state index in [4.69, 9.17) is 0 Å². The van der Waals surface area contributed by atoms with Gasteiger partial charge in [0.05, 0.1) is 0 Å². The summed E-state index contributed by atoms with van der Waals surface area (Å²) in [6.45, 7) is 5.45. The molecule has 2 unspecified atom stereocenters. The van der Waals surface area contributed by atoms with E-state index in [1.165, 1.54) is 37.8 Å². The molecule has 1 aromatic rings. The van der Waals surface area contributed by atoms with Gasteiger partial charge in [0.2, 0.25) is 0 Å². The molecule has 1 fully saturated rings. The van der Waals surface area contributed by atoms with E-state index in [-0.39, 0.29) is 5.82 Å². The Bertz CT molecular complexity index is 419. The SMILES string of the molecule is CC(C)C1CCCCC1NCc1ccc(F)cc1Br. The summed E-state index contributed by atoms with van der Waals surface area (Å²) in [7, 11) is 0. The summed E-state index contributed by atoms with van der Waals surface area (Å²) >= 11 is 3.44. The Morgan fingerprint density at radius 2 is 2.05 bits per heavy atom. The molecule has 0 saturated heterocycles. The third kappa shape index (κ3) is 4.03. The zero-order valence-corrected chi connectivity index (χ0v) is 13.3. The summed E-state index contributed by atoms with van der Waals surface area (Å²) in [6, 6.07) is 5.53.